The molecular weight excluding hydrogens is 1500 g/mol. The topological polar surface area (TPSA) is 298 Å². The molecule has 16 rings (SSSR count). The zero-order valence-electron chi connectivity index (χ0n) is 65.9. The van der Waals surface area contributed by atoms with Crippen LogP contribution in [0, 0.1) is 63.4 Å². The number of methoxy groups -OCH3 is 3. The van der Waals surface area contributed by atoms with Crippen LogP contribution in [0.25, 0.3) is 0 Å². The predicted octanol–water partition coefficient (Wildman–Crippen LogP) is 4.66. The second kappa shape index (κ2) is 35.4. The number of fused-ring (bicyclic) bond motifs is 3. The van der Waals surface area contributed by atoms with E-state index in [9.17, 15) is 51.9 Å². The van der Waals surface area contributed by atoms with E-state index >= 15 is 0 Å². The molecule has 9 amide bonds. The fourth-order valence-electron chi connectivity index (χ4n) is 16.0. The van der Waals surface area contributed by atoms with Gasteiger partial charge >= 0.3 is 0 Å². The summed E-state index contributed by atoms with van der Waals surface area (Å²) in [5.74, 6) is 12.8. The van der Waals surface area contributed by atoms with Crippen molar-refractivity contribution in [3.8, 4) is 52.8 Å². The highest BCUT2D eigenvalue weighted by Gasteiger charge is 2.52. The van der Waals surface area contributed by atoms with Gasteiger partial charge in [-0.25, -0.2) is 8.78 Å². The Kier molecular flexibility index (Phi) is 24.6. The first-order valence-corrected chi connectivity index (χ1v) is 39.1. The molecule has 0 saturated carbocycles. The summed E-state index contributed by atoms with van der Waals surface area (Å²) >= 11 is 0. The summed E-state index contributed by atoms with van der Waals surface area (Å²) in [4.78, 5) is 151. The number of amides is 9. The number of ether oxygens (including phenoxy) is 3. The van der Waals surface area contributed by atoms with E-state index in [4.69, 9.17) is 14.2 Å². The average Bonchev–Trinajstić information content (AvgIpc) is 1.62. The van der Waals surface area contributed by atoms with Gasteiger partial charge in [-0.3, -0.25) is 93.7 Å². The third kappa shape index (κ3) is 18.2. The number of benzene rings is 3. The Hall–Kier alpha value is -12.4. The third-order valence-electron chi connectivity index (χ3n) is 22.8. The van der Waals surface area contributed by atoms with Gasteiger partial charge in [-0.2, -0.15) is 0 Å². The van der Waals surface area contributed by atoms with Crippen molar-refractivity contribution in [2.75, 3.05) is 137 Å². The van der Waals surface area contributed by atoms with Crippen LogP contribution in [0.15, 0.2) is 122 Å². The van der Waals surface area contributed by atoms with E-state index in [0.29, 0.717) is 52.2 Å². The summed E-state index contributed by atoms with van der Waals surface area (Å²) in [7, 11) is 4.21. The molecule has 6 saturated heterocycles. The SMILES string of the molecule is CCN1CCN(Cc2ccc(C#C[C@]3(CN4Cc5ccc(OC)c(F)c5C4=O)CC(=O)NC3=O)cn2)CC1.CCN1CCN(Cc2ccc(C#C[C@]3(CN4Cc5ccc(OC)cc5C4=O)CC(=O)NC3=O)cn2)CC1.COc1ccc2c(c1F)C(=O)N(C[C@@]1(C#Cc3ccc(CN4CCN(c5ccncc5)CC4)nc3)CC(=O)NC1=O)C2. The minimum Gasteiger partial charge on any atom is -0.497 e. The van der Waals surface area contributed by atoms with Gasteiger partial charge in [0.15, 0.2) is 23.1 Å². The number of rotatable bonds is 18. The number of halogens is 2. The molecule has 3 atom stereocenters. The lowest BCUT2D eigenvalue weighted by molar-refractivity contribution is -0.128. The standard InChI is InChI=1S/C31H29FN6O4.C28H30FN5O4.C28H31N5O4/c1-42-25-5-3-22-18-38(29(40)27(22)28(25)32)20-31(16-26(39)35-30(31)41)9-6-21-2-4-23(34-17-21)19-36-12-14-37(15-13-36)24-7-10-33-11-8-24;1-3-32-10-12-33(13-11-32)17-21-6-4-19(15-30-21)8-9-28(14-23(35)31-27(28)37)18-34-16-20-5-7-22(38-2)25(29)24(20)26(34)36;1-3-31-10-12-32(13-11-31)18-22-6-4-20(16-29-22)8-9-28(15-25(34)30-27(28)36)19-33-17-21-5-7-23(37-2)14-24(21)26(33)35/h2-5,7-8,10-11,17H,12-16,18-20H2,1H3,(H,35,39,41);4-7,15H,3,10-14,16-18H2,1-2H3,(H,31,35,37);4-7,14,16H,3,10-13,15,17-19H2,1-2H3,(H,30,34,36)/t31-;2*28-/m111/s1. The molecule has 0 unspecified atom stereocenters. The van der Waals surface area contributed by atoms with Crippen molar-refractivity contribution in [2.24, 2.45) is 16.2 Å². The molecule has 604 valence electrons. The van der Waals surface area contributed by atoms with Crippen molar-refractivity contribution < 1.29 is 66.1 Å². The zero-order chi connectivity index (χ0) is 82.1. The van der Waals surface area contributed by atoms with E-state index in [1.165, 1.54) is 41.8 Å². The van der Waals surface area contributed by atoms with Crippen LogP contribution in [-0.2, 0) is 68.0 Å². The molecule has 7 aromatic rings. The van der Waals surface area contributed by atoms with Crippen LogP contribution in [0.2, 0.25) is 0 Å². The Morgan fingerprint density at radius 1 is 0.419 bits per heavy atom. The summed E-state index contributed by atoms with van der Waals surface area (Å²) < 4.78 is 44.9. The smallest absolute Gasteiger partial charge is 0.257 e. The van der Waals surface area contributed by atoms with Crippen LogP contribution in [0.1, 0.15) is 115 Å². The van der Waals surface area contributed by atoms with Gasteiger partial charge in [0.2, 0.25) is 35.4 Å². The van der Waals surface area contributed by atoms with Gasteiger partial charge in [0.25, 0.3) is 17.7 Å². The van der Waals surface area contributed by atoms with Crippen molar-refractivity contribution in [1.82, 2.24) is 75.1 Å². The molecule has 6 fully saturated rings. The van der Waals surface area contributed by atoms with Crippen LogP contribution in [0.3, 0.4) is 0 Å². The van der Waals surface area contributed by atoms with Crippen LogP contribution >= 0.6 is 0 Å². The third-order valence-corrected chi connectivity index (χ3v) is 22.8. The number of pyridine rings is 4. The minimum atomic E-state index is -1.46. The van der Waals surface area contributed by atoms with E-state index in [0.717, 1.165) is 127 Å². The van der Waals surface area contributed by atoms with Gasteiger partial charge in [0, 0.05) is 196 Å². The molecule has 28 nitrogen and oxygen atoms in total. The lowest BCUT2D eigenvalue weighted by atomic mass is 9.85. The molecule has 0 spiro atoms. The normalized spacial score (nSPS) is 21.3. The molecule has 3 aromatic carbocycles. The lowest BCUT2D eigenvalue weighted by Gasteiger charge is -2.35. The number of nitrogens with zero attached hydrogens (tertiary/aromatic N) is 13. The van der Waals surface area contributed by atoms with Gasteiger partial charge < -0.3 is 43.6 Å². The monoisotopic (exact) mass is 1590 g/mol. The molecule has 13 heterocycles. The Bertz CT molecular complexity index is 5220. The van der Waals surface area contributed by atoms with Crippen molar-refractivity contribution in [1.29, 1.82) is 0 Å². The first-order chi connectivity index (χ1) is 56.5. The van der Waals surface area contributed by atoms with Crippen molar-refractivity contribution >= 4 is 58.9 Å². The predicted molar refractivity (Wildman–Crippen MR) is 424 cm³/mol. The number of hydrogen-bond acceptors (Lipinski definition) is 22. The van der Waals surface area contributed by atoms with Gasteiger partial charge in [-0.05, 0) is 103 Å². The lowest BCUT2D eigenvalue weighted by Crippen LogP contribution is -2.46. The summed E-state index contributed by atoms with van der Waals surface area (Å²) in [6.45, 7) is 21.0. The molecule has 0 radical (unpaired) electrons. The van der Waals surface area contributed by atoms with E-state index in [1.807, 2.05) is 54.6 Å². The van der Waals surface area contributed by atoms with Crippen molar-refractivity contribution in [2.45, 2.75) is 72.4 Å². The highest BCUT2D eigenvalue weighted by atomic mass is 19.1. The maximum Gasteiger partial charge on any atom is 0.257 e. The number of imide groups is 3. The Labute approximate surface area is 676 Å². The zero-order valence-corrected chi connectivity index (χ0v) is 65.9. The molecule has 117 heavy (non-hydrogen) atoms. The fourth-order valence-corrected chi connectivity index (χ4v) is 16.0. The summed E-state index contributed by atoms with van der Waals surface area (Å²) in [6, 6.07) is 26.9. The van der Waals surface area contributed by atoms with Crippen LogP contribution in [0.4, 0.5) is 14.5 Å². The number of hydrogen-bond donors (Lipinski definition) is 3. The van der Waals surface area contributed by atoms with Gasteiger partial charge in [-0.15, -0.1) is 0 Å². The molecule has 3 N–H and O–H groups in total. The van der Waals surface area contributed by atoms with E-state index in [-0.39, 0.29) is 86.4 Å². The summed E-state index contributed by atoms with van der Waals surface area (Å²) in [6.07, 6.45) is 8.16. The Morgan fingerprint density at radius 3 is 1.12 bits per heavy atom. The van der Waals surface area contributed by atoms with Crippen LogP contribution in [0.5, 0.6) is 17.2 Å². The number of nitrogens with one attached hydrogen (secondary N) is 3. The molecule has 30 heteroatoms. The highest BCUT2D eigenvalue weighted by molar-refractivity contribution is 6.10. The van der Waals surface area contributed by atoms with Crippen LogP contribution < -0.4 is 35.1 Å². The number of carbonyl (C=O) groups excluding carboxylic acids is 9. The average molecular weight is 1590 g/mol. The van der Waals surface area contributed by atoms with Crippen molar-refractivity contribution in [3.05, 3.63) is 201 Å². The second-order valence-corrected chi connectivity index (χ2v) is 30.4. The molecular formula is C87H90F2N16O12. The van der Waals surface area contributed by atoms with Gasteiger partial charge in [-0.1, -0.05) is 67.6 Å². The maximum atomic E-state index is 14.8. The number of carbonyl (C=O) groups is 9. The molecule has 9 aliphatic rings. The molecule has 9 aliphatic heterocycles. The molecule has 0 bridgehead atoms. The van der Waals surface area contributed by atoms with Gasteiger partial charge in [0.05, 0.1) is 68.8 Å². The first-order valence-electron chi connectivity index (χ1n) is 39.1. The van der Waals surface area contributed by atoms with Crippen LogP contribution in [-0.4, -0.2) is 245 Å². The quantitative estimate of drug-likeness (QED) is 0.0777. The maximum absolute atomic E-state index is 14.8. The Morgan fingerprint density at radius 2 is 0.778 bits per heavy atom. The largest absolute Gasteiger partial charge is 0.497 e. The number of aromatic nitrogens is 4. The van der Waals surface area contributed by atoms with E-state index < -0.39 is 69.2 Å². The van der Waals surface area contributed by atoms with E-state index in [2.05, 4.69) is 115 Å². The number of anilines is 1. The molecule has 4 aromatic heterocycles. The van der Waals surface area contributed by atoms with Crippen molar-refractivity contribution in [3.63, 3.8) is 0 Å². The summed E-state index contributed by atoms with van der Waals surface area (Å²) in [5, 5.41) is 6.99. The number of likely N-dealkylation sites (N-methyl/N-ethyl adjacent to an activating group) is 2. The number of piperazine rings is 3. The fraction of sp³-hybridized carbons (Fsp3) is 0.391. The second-order valence-electron chi connectivity index (χ2n) is 30.4. The summed E-state index contributed by atoms with van der Waals surface area (Å²) in [5.41, 5.74) is 3.84. The highest BCUT2D eigenvalue weighted by Crippen LogP contribution is 2.39. The molecule has 0 aliphatic carbocycles. The van der Waals surface area contributed by atoms with E-state index in [1.54, 1.807) is 67.3 Å². The minimum absolute atomic E-state index is 0.0265. The first kappa shape index (κ1) is 81.2. The Balaban J connectivity index is 0.000000145. The van der Waals surface area contributed by atoms with Gasteiger partial charge in [0.1, 0.15) is 22.0 Å².